The number of ether oxygens (including phenoxy) is 2. The van der Waals surface area contributed by atoms with Gasteiger partial charge in [-0.25, -0.2) is 4.79 Å². The maximum absolute atomic E-state index is 10.6. The van der Waals surface area contributed by atoms with Crippen LogP contribution in [-0.4, -0.2) is 24.8 Å². The van der Waals surface area contributed by atoms with Gasteiger partial charge in [0, 0.05) is 12.5 Å². The summed E-state index contributed by atoms with van der Waals surface area (Å²) in [4.78, 5) is 10.6. The van der Waals surface area contributed by atoms with E-state index in [0.29, 0.717) is 13.2 Å². The highest BCUT2D eigenvalue weighted by Crippen LogP contribution is 2.06. The van der Waals surface area contributed by atoms with Crippen LogP contribution in [0.1, 0.15) is 27.2 Å². The van der Waals surface area contributed by atoms with E-state index >= 15 is 0 Å². The number of hydrogen-bond acceptors (Lipinski definition) is 3. The van der Waals surface area contributed by atoms with E-state index in [1.165, 1.54) is 0 Å². The molecule has 0 atom stereocenters. The van der Waals surface area contributed by atoms with Crippen molar-refractivity contribution in [3.63, 3.8) is 0 Å². The number of hydrogen-bond donors (Lipinski definition) is 0. The highest BCUT2D eigenvalue weighted by Gasteiger charge is 2.08. The first-order chi connectivity index (χ1) is 5.95. The Morgan fingerprint density at radius 3 is 2.46 bits per heavy atom. The molecule has 0 unspecified atom stereocenters. The molecular formula is C10H18O3. The Bertz CT molecular complexity index is 167. The molecule has 0 fully saturated rings. The van der Waals surface area contributed by atoms with Gasteiger partial charge in [-0.05, 0) is 20.8 Å². The van der Waals surface area contributed by atoms with Crippen LogP contribution in [0.15, 0.2) is 12.7 Å². The van der Waals surface area contributed by atoms with Crippen molar-refractivity contribution in [3.8, 4) is 0 Å². The normalized spacial score (nSPS) is 11.0. The standard InChI is InChI=1S/C10H18O3/c1-5-9(11)12-7-6-8-13-10(2,3)4/h5H,1,6-8H2,2-4H3. The number of esters is 1. The van der Waals surface area contributed by atoms with Gasteiger partial charge in [0.1, 0.15) is 0 Å². The Labute approximate surface area is 79.7 Å². The number of rotatable bonds is 5. The molecule has 3 heteroatoms. The fourth-order valence-electron chi connectivity index (χ4n) is 0.669. The van der Waals surface area contributed by atoms with Crippen molar-refractivity contribution in [2.45, 2.75) is 32.8 Å². The second-order valence-corrected chi connectivity index (χ2v) is 3.69. The fourth-order valence-corrected chi connectivity index (χ4v) is 0.669. The first-order valence-electron chi connectivity index (χ1n) is 4.39. The van der Waals surface area contributed by atoms with Gasteiger partial charge in [-0.1, -0.05) is 6.58 Å². The monoisotopic (exact) mass is 186 g/mol. The molecule has 0 saturated carbocycles. The Hall–Kier alpha value is -0.830. The van der Waals surface area contributed by atoms with Crippen LogP contribution in [0.5, 0.6) is 0 Å². The molecule has 0 spiro atoms. The second-order valence-electron chi connectivity index (χ2n) is 3.69. The van der Waals surface area contributed by atoms with Crippen molar-refractivity contribution in [1.29, 1.82) is 0 Å². The highest BCUT2D eigenvalue weighted by atomic mass is 16.5. The lowest BCUT2D eigenvalue weighted by Gasteiger charge is -2.19. The van der Waals surface area contributed by atoms with Crippen molar-refractivity contribution in [2.24, 2.45) is 0 Å². The average molecular weight is 186 g/mol. The van der Waals surface area contributed by atoms with E-state index in [2.05, 4.69) is 6.58 Å². The van der Waals surface area contributed by atoms with E-state index in [9.17, 15) is 4.79 Å². The first-order valence-corrected chi connectivity index (χ1v) is 4.39. The summed E-state index contributed by atoms with van der Waals surface area (Å²) in [5.41, 5.74) is -0.123. The predicted octanol–water partition coefficient (Wildman–Crippen LogP) is 1.92. The van der Waals surface area contributed by atoms with Crippen molar-refractivity contribution in [1.82, 2.24) is 0 Å². The first kappa shape index (κ1) is 12.2. The van der Waals surface area contributed by atoms with E-state index in [-0.39, 0.29) is 11.6 Å². The molecule has 0 radical (unpaired) electrons. The van der Waals surface area contributed by atoms with Gasteiger partial charge in [0.2, 0.25) is 0 Å². The van der Waals surface area contributed by atoms with Crippen LogP contribution in [0.4, 0.5) is 0 Å². The molecule has 0 aromatic carbocycles. The van der Waals surface area contributed by atoms with E-state index in [1.54, 1.807) is 0 Å². The summed E-state index contributed by atoms with van der Waals surface area (Å²) in [7, 11) is 0. The van der Waals surface area contributed by atoms with Crippen molar-refractivity contribution in [3.05, 3.63) is 12.7 Å². The van der Waals surface area contributed by atoms with Crippen LogP contribution in [0.3, 0.4) is 0 Å². The molecule has 0 amide bonds. The van der Waals surface area contributed by atoms with Crippen molar-refractivity contribution >= 4 is 5.97 Å². The molecule has 0 heterocycles. The lowest BCUT2D eigenvalue weighted by atomic mass is 10.2. The average Bonchev–Trinajstić information content (AvgIpc) is 2.01. The zero-order chi connectivity index (χ0) is 10.3. The van der Waals surface area contributed by atoms with Gasteiger partial charge in [-0.15, -0.1) is 0 Å². The molecule has 0 N–H and O–H groups in total. The Morgan fingerprint density at radius 2 is 2.00 bits per heavy atom. The van der Waals surface area contributed by atoms with Crippen LogP contribution in [0, 0.1) is 0 Å². The summed E-state index contributed by atoms with van der Waals surface area (Å²) >= 11 is 0. The summed E-state index contributed by atoms with van der Waals surface area (Å²) in [6.07, 6.45) is 1.88. The van der Waals surface area contributed by atoms with Gasteiger partial charge in [0.05, 0.1) is 18.8 Å². The molecule has 3 nitrogen and oxygen atoms in total. The van der Waals surface area contributed by atoms with E-state index in [1.807, 2.05) is 20.8 Å². The Kier molecular flexibility index (Phi) is 5.39. The molecule has 0 aliphatic heterocycles. The topological polar surface area (TPSA) is 35.5 Å². The molecule has 0 rings (SSSR count). The second kappa shape index (κ2) is 5.75. The van der Waals surface area contributed by atoms with Gasteiger partial charge in [-0.2, -0.15) is 0 Å². The van der Waals surface area contributed by atoms with Crippen LogP contribution in [0.2, 0.25) is 0 Å². The van der Waals surface area contributed by atoms with E-state index in [4.69, 9.17) is 9.47 Å². The predicted molar refractivity (Wildman–Crippen MR) is 51.5 cm³/mol. The summed E-state index contributed by atoms with van der Waals surface area (Å²) in [5, 5.41) is 0. The summed E-state index contributed by atoms with van der Waals surface area (Å²) in [6, 6.07) is 0. The minimum absolute atomic E-state index is 0.123. The van der Waals surface area contributed by atoms with Gasteiger partial charge >= 0.3 is 5.97 Å². The Balaban J connectivity index is 3.27. The van der Waals surface area contributed by atoms with Gasteiger partial charge in [0.25, 0.3) is 0 Å². The molecule has 0 aliphatic carbocycles. The number of carbonyl (C=O) groups is 1. The Morgan fingerprint density at radius 1 is 1.38 bits per heavy atom. The van der Waals surface area contributed by atoms with Crippen molar-refractivity contribution < 1.29 is 14.3 Å². The van der Waals surface area contributed by atoms with Crippen LogP contribution < -0.4 is 0 Å². The van der Waals surface area contributed by atoms with Gasteiger partial charge in [0.15, 0.2) is 0 Å². The molecule has 0 aliphatic rings. The van der Waals surface area contributed by atoms with E-state index < -0.39 is 0 Å². The highest BCUT2D eigenvalue weighted by molar-refractivity contribution is 5.81. The molecular weight excluding hydrogens is 168 g/mol. The molecule has 0 saturated heterocycles. The molecule has 0 aromatic heterocycles. The third kappa shape index (κ3) is 9.08. The third-order valence-corrected chi connectivity index (χ3v) is 1.23. The quantitative estimate of drug-likeness (QED) is 0.374. The van der Waals surface area contributed by atoms with Crippen LogP contribution in [-0.2, 0) is 14.3 Å². The zero-order valence-corrected chi connectivity index (χ0v) is 8.63. The SMILES string of the molecule is C=CC(=O)OCCCOC(C)(C)C. The third-order valence-electron chi connectivity index (χ3n) is 1.23. The smallest absolute Gasteiger partial charge is 0.330 e. The summed E-state index contributed by atoms with van der Waals surface area (Å²) in [6.45, 7) is 10.3. The maximum atomic E-state index is 10.6. The fraction of sp³-hybridized carbons (Fsp3) is 0.700. The summed E-state index contributed by atoms with van der Waals surface area (Å²) in [5.74, 6) is -0.379. The summed E-state index contributed by atoms with van der Waals surface area (Å²) < 4.78 is 10.2. The maximum Gasteiger partial charge on any atom is 0.330 e. The van der Waals surface area contributed by atoms with Gasteiger partial charge in [-0.3, -0.25) is 0 Å². The van der Waals surface area contributed by atoms with E-state index in [0.717, 1.165) is 12.5 Å². The van der Waals surface area contributed by atoms with Crippen molar-refractivity contribution in [2.75, 3.05) is 13.2 Å². The lowest BCUT2D eigenvalue weighted by Crippen LogP contribution is -2.20. The lowest BCUT2D eigenvalue weighted by molar-refractivity contribution is -0.138. The minimum atomic E-state index is -0.379. The van der Waals surface area contributed by atoms with Crippen LogP contribution >= 0.6 is 0 Å². The van der Waals surface area contributed by atoms with Gasteiger partial charge < -0.3 is 9.47 Å². The molecule has 76 valence electrons. The molecule has 0 aromatic rings. The molecule has 13 heavy (non-hydrogen) atoms. The largest absolute Gasteiger partial charge is 0.462 e. The van der Waals surface area contributed by atoms with Crippen LogP contribution in [0.25, 0.3) is 0 Å². The number of carbonyl (C=O) groups excluding carboxylic acids is 1. The minimum Gasteiger partial charge on any atom is -0.462 e. The zero-order valence-electron chi connectivity index (χ0n) is 8.63. The molecule has 0 bridgehead atoms.